The quantitative estimate of drug-likeness (QED) is 0.698. The van der Waals surface area contributed by atoms with Gasteiger partial charge in [-0.1, -0.05) is 18.2 Å². The van der Waals surface area contributed by atoms with E-state index in [4.69, 9.17) is 5.26 Å². The van der Waals surface area contributed by atoms with Crippen molar-refractivity contribution in [3.05, 3.63) is 59.4 Å². The van der Waals surface area contributed by atoms with E-state index in [0.29, 0.717) is 6.42 Å². The second-order valence-corrected chi connectivity index (χ2v) is 5.27. The van der Waals surface area contributed by atoms with Crippen molar-refractivity contribution in [2.45, 2.75) is 25.7 Å². The second kappa shape index (κ2) is 3.68. The topological polar surface area (TPSA) is 27.7 Å². The Morgan fingerprint density at radius 3 is 2.78 bits per heavy atom. The lowest BCUT2D eigenvalue weighted by Crippen LogP contribution is -2.34. The Morgan fingerprint density at radius 2 is 2.00 bits per heavy atom. The summed E-state index contributed by atoms with van der Waals surface area (Å²) in [5.74, 6) is 0. The Hall–Kier alpha value is -2.14. The highest BCUT2D eigenvalue weighted by Crippen LogP contribution is 2.37. The average molecular weight is 235 g/mol. The van der Waals surface area contributed by atoms with Crippen LogP contribution >= 0.6 is 0 Å². The lowest BCUT2D eigenvalue weighted by molar-refractivity contribution is -0.599. The zero-order chi connectivity index (χ0) is 12.8. The molecule has 0 N–H and O–H groups in total. The lowest BCUT2D eigenvalue weighted by Gasteiger charge is -2.14. The van der Waals surface area contributed by atoms with Crippen LogP contribution in [0.5, 0.6) is 0 Å². The van der Waals surface area contributed by atoms with Crippen LogP contribution in [0.2, 0.25) is 0 Å². The Balaban J connectivity index is 2.25. The van der Waals surface area contributed by atoms with Crippen molar-refractivity contribution in [3.8, 4) is 11.8 Å². The fourth-order valence-electron chi connectivity index (χ4n) is 2.79. The summed E-state index contributed by atoms with van der Waals surface area (Å²) in [5, 5.41) is 8.82. The molecule has 18 heavy (non-hydrogen) atoms. The number of pyridine rings is 1. The van der Waals surface area contributed by atoms with Gasteiger partial charge < -0.3 is 0 Å². The third kappa shape index (κ3) is 1.37. The first-order valence-corrected chi connectivity index (χ1v) is 6.16. The summed E-state index contributed by atoms with van der Waals surface area (Å²) in [6.07, 6.45) is 2.55. The molecule has 0 atom stereocenters. The van der Waals surface area contributed by atoms with Crippen LogP contribution in [0.1, 0.15) is 30.7 Å². The van der Waals surface area contributed by atoms with Crippen LogP contribution in [0.15, 0.2) is 42.6 Å². The fourth-order valence-corrected chi connectivity index (χ4v) is 2.79. The van der Waals surface area contributed by atoms with Crippen molar-refractivity contribution in [1.29, 1.82) is 5.26 Å². The van der Waals surface area contributed by atoms with Gasteiger partial charge >= 0.3 is 0 Å². The average Bonchev–Trinajstić information content (AvgIpc) is 2.60. The first-order chi connectivity index (χ1) is 8.64. The highest BCUT2D eigenvalue weighted by atomic mass is 15.0. The SMILES string of the molecule is CC1(C)c2ccccc2-[n+]2ccc(CC#N)cc21. The maximum atomic E-state index is 8.82. The molecule has 2 heterocycles. The number of hydrogen-bond donors (Lipinski definition) is 0. The highest BCUT2D eigenvalue weighted by molar-refractivity contribution is 5.48. The second-order valence-electron chi connectivity index (χ2n) is 5.27. The van der Waals surface area contributed by atoms with Gasteiger partial charge in [-0.15, -0.1) is 0 Å². The van der Waals surface area contributed by atoms with E-state index in [1.807, 2.05) is 6.07 Å². The molecule has 1 aliphatic heterocycles. The molecule has 2 nitrogen and oxygen atoms in total. The molecule has 0 amide bonds. The Morgan fingerprint density at radius 1 is 1.22 bits per heavy atom. The number of nitriles is 1. The Labute approximate surface area is 107 Å². The standard InChI is InChI=1S/C16H15N2/c1-16(2)13-5-3-4-6-14(13)18-10-8-12(7-9-17)11-15(16)18/h3-6,8,10-11H,7H2,1-2H3/q+1. The molecule has 0 saturated heterocycles. The van der Waals surface area contributed by atoms with Gasteiger partial charge in [0.1, 0.15) is 0 Å². The number of nitrogens with zero attached hydrogens (tertiary/aromatic N) is 2. The summed E-state index contributed by atoms with van der Waals surface area (Å²) in [6, 6.07) is 14.9. The summed E-state index contributed by atoms with van der Waals surface area (Å²) in [4.78, 5) is 0. The smallest absolute Gasteiger partial charge is 0.198 e. The largest absolute Gasteiger partial charge is 0.215 e. The number of fused-ring (bicyclic) bond motifs is 3. The molecule has 3 rings (SSSR count). The monoisotopic (exact) mass is 235 g/mol. The van der Waals surface area contributed by atoms with Crippen LogP contribution in [0.4, 0.5) is 0 Å². The van der Waals surface area contributed by atoms with Crippen LogP contribution < -0.4 is 4.57 Å². The fraction of sp³-hybridized carbons (Fsp3) is 0.250. The number of para-hydroxylation sites is 1. The molecule has 0 spiro atoms. The van der Waals surface area contributed by atoms with Crippen molar-refractivity contribution in [2.24, 2.45) is 0 Å². The first kappa shape index (κ1) is 11.0. The number of rotatable bonds is 1. The van der Waals surface area contributed by atoms with E-state index in [9.17, 15) is 0 Å². The minimum Gasteiger partial charge on any atom is -0.198 e. The molecule has 0 aliphatic carbocycles. The van der Waals surface area contributed by atoms with Crippen molar-refractivity contribution in [3.63, 3.8) is 0 Å². The third-order valence-corrected chi connectivity index (χ3v) is 3.78. The van der Waals surface area contributed by atoms with Crippen LogP contribution in [-0.4, -0.2) is 0 Å². The molecule has 1 aliphatic rings. The third-order valence-electron chi connectivity index (χ3n) is 3.78. The van der Waals surface area contributed by atoms with Gasteiger partial charge in [-0.05, 0) is 19.4 Å². The van der Waals surface area contributed by atoms with Crippen LogP contribution in [-0.2, 0) is 11.8 Å². The summed E-state index contributed by atoms with van der Waals surface area (Å²) >= 11 is 0. The molecule has 1 aromatic heterocycles. The van der Waals surface area contributed by atoms with Crippen molar-refractivity contribution >= 4 is 0 Å². The van der Waals surface area contributed by atoms with Crippen molar-refractivity contribution in [2.75, 3.05) is 0 Å². The molecule has 2 aromatic rings. The van der Waals surface area contributed by atoms with Gasteiger partial charge in [-0.3, -0.25) is 0 Å². The van der Waals surface area contributed by atoms with Crippen LogP contribution in [0, 0.1) is 11.3 Å². The summed E-state index contributed by atoms with van der Waals surface area (Å²) < 4.78 is 2.23. The van der Waals surface area contributed by atoms with E-state index in [2.05, 4.69) is 61.0 Å². The predicted molar refractivity (Wildman–Crippen MR) is 69.4 cm³/mol. The zero-order valence-corrected chi connectivity index (χ0v) is 10.6. The van der Waals surface area contributed by atoms with Crippen molar-refractivity contribution in [1.82, 2.24) is 0 Å². The molecular formula is C16H15N2+. The van der Waals surface area contributed by atoms with E-state index in [1.54, 1.807) is 0 Å². The van der Waals surface area contributed by atoms with E-state index in [-0.39, 0.29) is 5.41 Å². The van der Waals surface area contributed by atoms with Crippen molar-refractivity contribution < 1.29 is 4.57 Å². The first-order valence-electron chi connectivity index (χ1n) is 6.16. The molecule has 0 saturated carbocycles. The molecule has 0 bridgehead atoms. The molecule has 0 radical (unpaired) electrons. The van der Waals surface area contributed by atoms with Gasteiger partial charge in [-0.2, -0.15) is 9.83 Å². The van der Waals surface area contributed by atoms with E-state index in [1.165, 1.54) is 16.9 Å². The predicted octanol–water partition coefficient (Wildman–Crippen LogP) is 2.67. The lowest BCUT2D eigenvalue weighted by atomic mass is 9.83. The zero-order valence-electron chi connectivity index (χ0n) is 10.6. The molecule has 1 aromatic carbocycles. The van der Waals surface area contributed by atoms with Crippen LogP contribution in [0.25, 0.3) is 5.69 Å². The summed E-state index contributed by atoms with van der Waals surface area (Å²) in [6.45, 7) is 4.47. The number of hydrogen-bond acceptors (Lipinski definition) is 1. The Kier molecular flexibility index (Phi) is 2.24. The molecule has 0 unspecified atom stereocenters. The molecule has 88 valence electrons. The minimum absolute atomic E-state index is 0.00204. The maximum absolute atomic E-state index is 8.82. The van der Waals surface area contributed by atoms with Gasteiger partial charge in [0.25, 0.3) is 0 Å². The van der Waals surface area contributed by atoms with Gasteiger partial charge in [0.05, 0.1) is 17.9 Å². The van der Waals surface area contributed by atoms with Gasteiger partial charge in [0.2, 0.25) is 5.69 Å². The maximum Gasteiger partial charge on any atom is 0.215 e. The summed E-state index contributed by atoms with van der Waals surface area (Å²) in [5.41, 5.74) is 4.95. The molecular weight excluding hydrogens is 220 g/mol. The van der Waals surface area contributed by atoms with Gasteiger partial charge in [0.15, 0.2) is 11.9 Å². The van der Waals surface area contributed by atoms with Crippen LogP contribution in [0.3, 0.4) is 0 Å². The Bertz CT molecular complexity index is 663. The molecule has 0 fully saturated rings. The number of aromatic nitrogens is 1. The normalized spacial score (nSPS) is 14.7. The van der Waals surface area contributed by atoms with E-state index >= 15 is 0 Å². The number of benzene rings is 1. The summed E-state index contributed by atoms with van der Waals surface area (Å²) in [7, 11) is 0. The minimum atomic E-state index is 0.00204. The highest BCUT2D eigenvalue weighted by Gasteiger charge is 2.43. The molecule has 2 heteroatoms. The van der Waals surface area contributed by atoms with E-state index in [0.717, 1.165) is 5.56 Å². The van der Waals surface area contributed by atoms with Gasteiger partial charge in [-0.25, -0.2) is 0 Å². The van der Waals surface area contributed by atoms with Gasteiger partial charge in [0, 0.05) is 23.8 Å². The van der Waals surface area contributed by atoms with E-state index < -0.39 is 0 Å².